The van der Waals surface area contributed by atoms with Gasteiger partial charge in [-0.05, 0) is 24.3 Å². The lowest BCUT2D eigenvalue weighted by atomic mass is 10.1. The van der Waals surface area contributed by atoms with Gasteiger partial charge in [0.1, 0.15) is 5.01 Å². The van der Waals surface area contributed by atoms with Gasteiger partial charge in [-0.25, -0.2) is 15.0 Å². The SMILES string of the molecule is CN1CCN(C(=O)Cc2csc(-c3ccc(C(F)(F)F)cc3)n2)c2nc3ccccc3nc21. The minimum Gasteiger partial charge on any atom is -0.355 e. The number of benzene rings is 2. The van der Waals surface area contributed by atoms with E-state index >= 15 is 0 Å². The molecule has 0 saturated heterocycles. The summed E-state index contributed by atoms with van der Waals surface area (Å²) in [5, 5.41) is 2.32. The molecule has 0 unspecified atom stereocenters. The van der Waals surface area contributed by atoms with Gasteiger partial charge in [0.05, 0.1) is 28.7 Å². The summed E-state index contributed by atoms with van der Waals surface area (Å²) in [6.07, 6.45) is -4.32. The molecule has 2 aromatic heterocycles. The number of thiazole rings is 1. The first-order valence-electron chi connectivity index (χ1n) is 10.2. The van der Waals surface area contributed by atoms with Gasteiger partial charge in [0.2, 0.25) is 5.91 Å². The van der Waals surface area contributed by atoms with Crippen LogP contribution in [-0.2, 0) is 17.4 Å². The number of halogens is 3. The molecule has 10 heteroatoms. The molecule has 0 saturated carbocycles. The van der Waals surface area contributed by atoms with Crippen molar-refractivity contribution in [1.29, 1.82) is 0 Å². The van der Waals surface area contributed by atoms with Gasteiger partial charge in [0.15, 0.2) is 11.6 Å². The van der Waals surface area contributed by atoms with Gasteiger partial charge in [-0.15, -0.1) is 11.3 Å². The second-order valence-corrected chi connectivity index (χ2v) is 8.58. The summed E-state index contributed by atoms with van der Waals surface area (Å²) in [6, 6.07) is 12.4. The zero-order valence-electron chi connectivity index (χ0n) is 17.5. The summed E-state index contributed by atoms with van der Waals surface area (Å²) < 4.78 is 38.4. The molecule has 168 valence electrons. The van der Waals surface area contributed by atoms with Crippen LogP contribution in [0.3, 0.4) is 0 Å². The Morgan fingerprint density at radius 2 is 1.64 bits per heavy atom. The van der Waals surface area contributed by atoms with Crippen molar-refractivity contribution in [3.8, 4) is 10.6 Å². The van der Waals surface area contributed by atoms with Crippen LogP contribution < -0.4 is 9.80 Å². The Morgan fingerprint density at radius 1 is 0.970 bits per heavy atom. The van der Waals surface area contributed by atoms with Crippen LogP contribution in [0, 0.1) is 0 Å². The van der Waals surface area contributed by atoms with Crippen molar-refractivity contribution in [2.45, 2.75) is 12.6 Å². The molecule has 0 N–H and O–H groups in total. The molecule has 1 aliphatic rings. The van der Waals surface area contributed by atoms with E-state index in [1.807, 2.05) is 36.2 Å². The number of amides is 1. The van der Waals surface area contributed by atoms with Crippen LogP contribution in [0.2, 0.25) is 0 Å². The number of likely N-dealkylation sites (N-methyl/N-ethyl adjacent to an activating group) is 1. The number of fused-ring (bicyclic) bond motifs is 2. The number of hydrogen-bond donors (Lipinski definition) is 0. The summed E-state index contributed by atoms with van der Waals surface area (Å²) in [4.78, 5) is 30.6. The van der Waals surface area contributed by atoms with Crippen LogP contribution in [0.1, 0.15) is 11.3 Å². The number of alkyl halides is 3. The first kappa shape index (κ1) is 21.3. The lowest BCUT2D eigenvalue weighted by Crippen LogP contribution is -2.44. The van der Waals surface area contributed by atoms with Gasteiger partial charge in [0.25, 0.3) is 0 Å². The fourth-order valence-electron chi connectivity index (χ4n) is 3.70. The predicted molar refractivity (Wildman–Crippen MR) is 121 cm³/mol. The molecule has 1 aliphatic heterocycles. The molecular weight excluding hydrogens is 451 g/mol. The smallest absolute Gasteiger partial charge is 0.355 e. The second-order valence-electron chi connectivity index (χ2n) is 7.72. The monoisotopic (exact) mass is 469 g/mol. The maximum Gasteiger partial charge on any atom is 0.416 e. The van der Waals surface area contributed by atoms with Gasteiger partial charge in [-0.3, -0.25) is 9.69 Å². The van der Waals surface area contributed by atoms with Crippen LogP contribution >= 0.6 is 11.3 Å². The first-order chi connectivity index (χ1) is 15.8. The van der Waals surface area contributed by atoms with Crippen molar-refractivity contribution >= 4 is 39.9 Å². The molecule has 5 rings (SSSR count). The minimum absolute atomic E-state index is 0.0643. The summed E-state index contributed by atoms with van der Waals surface area (Å²) in [6.45, 7) is 1.10. The van der Waals surface area contributed by atoms with Crippen LogP contribution in [0.25, 0.3) is 21.6 Å². The Labute approximate surface area is 191 Å². The van der Waals surface area contributed by atoms with E-state index in [-0.39, 0.29) is 12.3 Å². The highest BCUT2D eigenvalue weighted by atomic mass is 32.1. The van der Waals surface area contributed by atoms with E-state index in [1.54, 1.807) is 10.3 Å². The van der Waals surface area contributed by atoms with Crippen LogP contribution in [-0.4, -0.2) is 41.0 Å². The third kappa shape index (κ3) is 4.13. The highest BCUT2D eigenvalue weighted by molar-refractivity contribution is 7.13. The van der Waals surface area contributed by atoms with Gasteiger partial charge in [0, 0.05) is 31.1 Å². The normalized spacial score (nSPS) is 13.9. The van der Waals surface area contributed by atoms with Crippen molar-refractivity contribution in [3.05, 3.63) is 65.2 Å². The van der Waals surface area contributed by atoms with Gasteiger partial charge in [-0.1, -0.05) is 24.3 Å². The standard InChI is InChI=1S/C23H18F3N5OS/c1-30-10-11-31(21-20(30)28-17-4-2-3-5-18(17)29-21)19(32)12-16-13-33-22(27-16)14-6-8-15(9-7-14)23(24,25)26/h2-9,13H,10-12H2,1H3. The minimum atomic E-state index is -4.38. The zero-order valence-corrected chi connectivity index (χ0v) is 18.3. The number of carbonyl (C=O) groups is 1. The number of aromatic nitrogens is 3. The third-order valence-corrected chi connectivity index (χ3v) is 6.40. The molecule has 2 aromatic carbocycles. The zero-order chi connectivity index (χ0) is 23.2. The molecule has 4 aromatic rings. The van der Waals surface area contributed by atoms with E-state index in [9.17, 15) is 18.0 Å². The summed E-state index contributed by atoms with van der Waals surface area (Å²) in [5.74, 6) is 1.01. The molecule has 1 amide bonds. The van der Waals surface area contributed by atoms with E-state index < -0.39 is 11.7 Å². The number of anilines is 2. The number of nitrogens with zero attached hydrogens (tertiary/aromatic N) is 5. The maximum absolute atomic E-state index is 13.2. The molecular formula is C23H18F3N5OS. The maximum atomic E-state index is 13.2. The molecule has 33 heavy (non-hydrogen) atoms. The predicted octanol–water partition coefficient (Wildman–Crippen LogP) is 4.80. The quantitative estimate of drug-likeness (QED) is 0.432. The van der Waals surface area contributed by atoms with Gasteiger partial charge < -0.3 is 4.90 Å². The van der Waals surface area contributed by atoms with Crippen LogP contribution in [0.4, 0.5) is 24.8 Å². The lowest BCUT2D eigenvalue weighted by molar-refractivity contribution is -0.137. The Bertz CT molecular complexity index is 1340. The summed E-state index contributed by atoms with van der Waals surface area (Å²) in [7, 11) is 1.92. The molecule has 0 fully saturated rings. The first-order valence-corrected chi connectivity index (χ1v) is 11.1. The molecule has 0 spiro atoms. The molecule has 0 aliphatic carbocycles. The number of rotatable bonds is 3. The van der Waals surface area contributed by atoms with Gasteiger partial charge >= 0.3 is 6.18 Å². The molecule has 3 heterocycles. The molecule has 6 nitrogen and oxygen atoms in total. The summed E-state index contributed by atoms with van der Waals surface area (Å²) in [5.41, 5.74) is 1.91. The Hall–Kier alpha value is -3.53. The van der Waals surface area contributed by atoms with Crippen molar-refractivity contribution in [3.63, 3.8) is 0 Å². The highest BCUT2D eigenvalue weighted by Crippen LogP contribution is 2.33. The van der Waals surface area contributed by atoms with Crippen LogP contribution in [0.15, 0.2) is 53.9 Å². The number of hydrogen-bond acceptors (Lipinski definition) is 6. The van der Waals surface area contributed by atoms with Crippen molar-refractivity contribution < 1.29 is 18.0 Å². The Kier molecular flexibility index (Phi) is 5.24. The fourth-order valence-corrected chi connectivity index (χ4v) is 4.52. The van der Waals surface area contributed by atoms with E-state index in [4.69, 9.17) is 0 Å². The van der Waals surface area contributed by atoms with Gasteiger partial charge in [-0.2, -0.15) is 13.2 Å². The molecule has 0 radical (unpaired) electrons. The van der Waals surface area contributed by atoms with Crippen molar-refractivity contribution in [2.75, 3.05) is 29.9 Å². The largest absolute Gasteiger partial charge is 0.416 e. The summed E-state index contributed by atoms with van der Waals surface area (Å²) >= 11 is 1.29. The molecule has 0 bridgehead atoms. The average molecular weight is 469 g/mol. The Balaban J connectivity index is 1.37. The topological polar surface area (TPSA) is 62.2 Å². The van der Waals surface area contributed by atoms with E-state index in [0.29, 0.717) is 46.5 Å². The second kappa shape index (κ2) is 8.11. The molecule has 0 atom stereocenters. The van der Waals surface area contributed by atoms with E-state index in [2.05, 4.69) is 15.0 Å². The van der Waals surface area contributed by atoms with Crippen molar-refractivity contribution in [2.24, 2.45) is 0 Å². The average Bonchev–Trinajstić information content (AvgIpc) is 3.26. The van der Waals surface area contributed by atoms with E-state index in [1.165, 1.54) is 23.5 Å². The highest BCUT2D eigenvalue weighted by Gasteiger charge is 2.31. The van der Waals surface area contributed by atoms with Crippen molar-refractivity contribution in [1.82, 2.24) is 15.0 Å². The number of carbonyl (C=O) groups excluding carboxylic acids is 1. The third-order valence-electron chi connectivity index (χ3n) is 5.46. The number of para-hydroxylation sites is 2. The van der Waals surface area contributed by atoms with E-state index in [0.717, 1.165) is 17.6 Å². The lowest BCUT2D eigenvalue weighted by Gasteiger charge is -2.33. The Morgan fingerprint density at radius 3 is 2.30 bits per heavy atom. The fraction of sp³-hybridized carbons (Fsp3) is 0.217. The van der Waals surface area contributed by atoms with Crippen LogP contribution in [0.5, 0.6) is 0 Å².